The first-order chi connectivity index (χ1) is 13.6. The number of rotatable bonds is 7. The summed E-state index contributed by atoms with van der Waals surface area (Å²) in [5.74, 6) is -0.402. The van der Waals surface area contributed by atoms with Crippen molar-refractivity contribution in [2.75, 3.05) is 25.6 Å². The molecule has 0 radical (unpaired) electrons. The molecule has 0 saturated carbocycles. The smallest absolute Gasteiger partial charge is 0.341 e. The molecule has 0 bridgehead atoms. The first kappa shape index (κ1) is 19.2. The molecule has 0 amide bonds. The average molecular weight is 380 g/mol. The molecule has 28 heavy (non-hydrogen) atoms. The summed E-state index contributed by atoms with van der Waals surface area (Å²) < 4.78 is 15.5. The van der Waals surface area contributed by atoms with Gasteiger partial charge >= 0.3 is 11.9 Å². The second-order valence-electron chi connectivity index (χ2n) is 5.94. The summed E-state index contributed by atoms with van der Waals surface area (Å²) in [6, 6.07) is 14.6. The zero-order valence-corrected chi connectivity index (χ0v) is 15.6. The second-order valence-corrected chi connectivity index (χ2v) is 5.94. The maximum Gasteiger partial charge on any atom is 0.341 e. The number of hydrogen-bond acceptors (Lipinski definition) is 7. The monoisotopic (exact) mass is 380 g/mol. The third-order valence-electron chi connectivity index (χ3n) is 3.93. The molecule has 0 aliphatic carbocycles. The van der Waals surface area contributed by atoms with E-state index in [-0.39, 0.29) is 11.3 Å². The molecule has 3 aromatic rings. The minimum absolute atomic E-state index is 0.154. The number of pyridine rings is 1. The quantitative estimate of drug-likeness (QED) is 0.382. The summed E-state index contributed by atoms with van der Waals surface area (Å²) in [6.07, 6.45) is 1.77. The number of carbonyl (C=O) groups excluding carboxylic acids is 2. The average Bonchev–Trinajstić information content (AvgIpc) is 2.71. The van der Waals surface area contributed by atoms with Crippen molar-refractivity contribution in [3.8, 4) is 11.6 Å². The molecule has 0 atom stereocenters. The molecule has 0 spiro atoms. The summed E-state index contributed by atoms with van der Waals surface area (Å²) >= 11 is 0. The fraction of sp³-hybridized carbons (Fsp3) is 0.190. The number of benzene rings is 2. The predicted octanol–water partition coefficient (Wildman–Crippen LogP) is 3.44. The molecule has 1 heterocycles. The highest BCUT2D eigenvalue weighted by Gasteiger charge is 2.15. The van der Waals surface area contributed by atoms with Crippen molar-refractivity contribution >= 4 is 28.4 Å². The van der Waals surface area contributed by atoms with E-state index < -0.39 is 11.9 Å². The number of anilines is 1. The molecule has 7 heteroatoms. The number of methoxy groups -OCH3 is 1. The van der Waals surface area contributed by atoms with Crippen LogP contribution in [0.4, 0.5) is 5.69 Å². The minimum atomic E-state index is -0.587. The third-order valence-corrected chi connectivity index (χ3v) is 3.93. The Bertz CT molecular complexity index is 1000. The van der Waals surface area contributed by atoms with Crippen molar-refractivity contribution in [2.24, 2.45) is 0 Å². The topological polar surface area (TPSA) is 86.8 Å². The van der Waals surface area contributed by atoms with E-state index in [0.717, 1.165) is 10.8 Å². The highest BCUT2D eigenvalue weighted by atomic mass is 16.5. The maximum absolute atomic E-state index is 11.9. The highest BCUT2D eigenvalue weighted by molar-refractivity contribution is 5.94. The van der Waals surface area contributed by atoms with E-state index in [2.05, 4.69) is 10.3 Å². The lowest BCUT2D eigenvalue weighted by Crippen LogP contribution is -2.13. The summed E-state index contributed by atoms with van der Waals surface area (Å²) in [4.78, 5) is 27.4. The molecule has 3 rings (SSSR count). The van der Waals surface area contributed by atoms with Gasteiger partial charge in [-0.2, -0.15) is 0 Å². The van der Waals surface area contributed by atoms with Gasteiger partial charge in [-0.15, -0.1) is 0 Å². The molecule has 144 valence electrons. The largest absolute Gasteiger partial charge is 0.476 e. The first-order valence-electron chi connectivity index (χ1n) is 8.69. The Balaban J connectivity index is 1.60. The lowest BCUT2D eigenvalue weighted by Gasteiger charge is -2.12. The number of carbonyl (C=O) groups is 2. The van der Waals surface area contributed by atoms with Crippen LogP contribution in [0, 0.1) is 0 Å². The van der Waals surface area contributed by atoms with E-state index in [9.17, 15) is 9.59 Å². The van der Waals surface area contributed by atoms with Gasteiger partial charge in [0, 0.05) is 36.8 Å². The van der Waals surface area contributed by atoms with Crippen LogP contribution >= 0.6 is 0 Å². The number of hydrogen-bond donors (Lipinski definition) is 1. The van der Waals surface area contributed by atoms with Crippen LogP contribution in [0.2, 0.25) is 0 Å². The van der Waals surface area contributed by atoms with Gasteiger partial charge in [0.15, 0.2) is 0 Å². The Morgan fingerprint density at radius 2 is 1.86 bits per heavy atom. The van der Waals surface area contributed by atoms with Crippen molar-refractivity contribution in [1.29, 1.82) is 0 Å². The van der Waals surface area contributed by atoms with Gasteiger partial charge in [0.2, 0.25) is 5.88 Å². The number of nitrogens with zero attached hydrogens (tertiary/aromatic N) is 1. The third kappa shape index (κ3) is 4.76. The van der Waals surface area contributed by atoms with E-state index in [1.165, 1.54) is 14.0 Å². The zero-order chi connectivity index (χ0) is 19.9. The number of nitrogens with one attached hydrogen (secondary N) is 1. The number of ether oxygens (including phenoxy) is 3. The predicted molar refractivity (Wildman–Crippen MR) is 105 cm³/mol. The SMILES string of the molecule is COC(=O)c1cc(NCCOc2cc3ccccc3cn2)ccc1OC(C)=O. The van der Waals surface area contributed by atoms with Crippen LogP contribution in [0.1, 0.15) is 17.3 Å². The molecule has 7 nitrogen and oxygen atoms in total. The van der Waals surface area contributed by atoms with Crippen LogP contribution in [0.5, 0.6) is 11.6 Å². The molecule has 0 saturated heterocycles. The summed E-state index contributed by atoms with van der Waals surface area (Å²) in [5, 5.41) is 5.26. The van der Waals surface area contributed by atoms with Crippen LogP contribution in [0.25, 0.3) is 10.8 Å². The van der Waals surface area contributed by atoms with Crippen LogP contribution < -0.4 is 14.8 Å². The minimum Gasteiger partial charge on any atom is -0.476 e. The summed E-state index contributed by atoms with van der Waals surface area (Å²) in [6.45, 7) is 2.14. The van der Waals surface area contributed by atoms with Gasteiger partial charge in [0.25, 0.3) is 0 Å². The van der Waals surface area contributed by atoms with Gasteiger partial charge < -0.3 is 19.5 Å². The van der Waals surface area contributed by atoms with E-state index in [1.54, 1.807) is 24.4 Å². The van der Waals surface area contributed by atoms with Gasteiger partial charge in [-0.05, 0) is 23.6 Å². The van der Waals surface area contributed by atoms with E-state index >= 15 is 0 Å². The standard InChI is InChI=1S/C21H20N2O5/c1-14(24)28-19-8-7-17(12-18(19)21(25)26-2)22-9-10-27-20-11-15-5-3-4-6-16(15)13-23-20/h3-8,11-13,22H,9-10H2,1-2H3. The number of fused-ring (bicyclic) bond motifs is 1. The van der Waals surface area contributed by atoms with Crippen LogP contribution in [0.3, 0.4) is 0 Å². The fourth-order valence-corrected chi connectivity index (χ4v) is 2.65. The van der Waals surface area contributed by atoms with Gasteiger partial charge in [-0.3, -0.25) is 4.79 Å². The van der Waals surface area contributed by atoms with Crippen molar-refractivity contribution < 1.29 is 23.8 Å². The Labute approximate surface area is 162 Å². The normalized spacial score (nSPS) is 10.4. The van der Waals surface area contributed by atoms with E-state index in [0.29, 0.717) is 24.7 Å². The molecule has 0 fully saturated rings. The molecular weight excluding hydrogens is 360 g/mol. The highest BCUT2D eigenvalue weighted by Crippen LogP contribution is 2.24. The Morgan fingerprint density at radius 3 is 2.61 bits per heavy atom. The molecule has 0 aliphatic rings. The summed E-state index contributed by atoms with van der Waals surface area (Å²) in [5.41, 5.74) is 0.839. The van der Waals surface area contributed by atoms with E-state index in [1.807, 2.05) is 30.3 Å². The lowest BCUT2D eigenvalue weighted by molar-refractivity contribution is -0.131. The van der Waals surface area contributed by atoms with Crippen LogP contribution in [-0.2, 0) is 9.53 Å². The Morgan fingerprint density at radius 1 is 1.07 bits per heavy atom. The molecule has 1 aromatic heterocycles. The molecule has 0 aliphatic heterocycles. The summed E-state index contributed by atoms with van der Waals surface area (Å²) in [7, 11) is 1.27. The Hall–Kier alpha value is -3.61. The maximum atomic E-state index is 11.9. The molecule has 2 aromatic carbocycles. The van der Waals surface area contributed by atoms with Crippen molar-refractivity contribution in [3.05, 3.63) is 60.3 Å². The number of aromatic nitrogens is 1. The second kappa shape index (κ2) is 8.85. The van der Waals surface area contributed by atoms with Gasteiger partial charge in [-0.25, -0.2) is 9.78 Å². The Kier molecular flexibility index (Phi) is 6.06. The van der Waals surface area contributed by atoms with Gasteiger partial charge in [0.05, 0.1) is 7.11 Å². The molecule has 1 N–H and O–H groups in total. The molecular formula is C21H20N2O5. The van der Waals surface area contributed by atoms with Gasteiger partial charge in [0.1, 0.15) is 17.9 Å². The fourth-order valence-electron chi connectivity index (χ4n) is 2.65. The first-order valence-corrected chi connectivity index (χ1v) is 8.69. The van der Waals surface area contributed by atoms with Gasteiger partial charge in [-0.1, -0.05) is 24.3 Å². The zero-order valence-electron chi connectivity index (χ0n) is 15.6. The lowest BCUT2D eigenvalue weighted by atomic mass is 10.1. The van der Waals surface area contributed by atoms with Crippen LogP contribution in [0.15, 0.2) is 54.7 Å². The van der Waals surface area contributed by atoms with Crippen molar-refractivity contribution in [3.63, 3.8) is 0 Å². The van der Waals surface area contributed by atoms with Crippen LogP contribution in [-0.4, -0.2) is 37.2 Å². The van der Waals surface area contributed by atoms with Crippen molar-refractivity contribution in [2.45, 2.75) is 6.92 Å². The van der Waals surface area contributed by atoms with Crippen molar-refractivity contribution in [1.82, 2.24) is 4.98 Å². The van der Waals surface area contributed by atoms with E-state index in [4.69, 9.17) is 14.2 Å². The molecule has 0 unspecified atom stereocenters. The number of esters is 2.